The number of ether oxygens (including phenoxy) is 1. The highest BCUT2D eigenvalue weighted by Gasteiger charge is 2.13. The molecule has 0 atom stereocenters. The molecule has 0 aliphatic carbocycles. The van der Waals surface area contributed by atoms with Gasteiger partial charge >= 0.3 is 5.97 Å². The molecular weight excluding hydrogens is 407 g/mol. The molecule has 1 amide bonds. The Morgan fingerprint density at radius 2 is 2.00 bits per heavy atom. The summed E-state index contributed by atoms with van der Waals surface area (Å²) in [5, 5.41) is 2.97. The fraction of sp³-hybridized carbons (Fsp3) is 0.0714. The molecule has 1 N–H and O–H groups in total. The van der Waals surface area contributed by atoms with Crippen LogP contribution in [0.2, 0.25) is 5.02 Å². The second kappa shape index (κ2) is 7.37. The Morgan fingerprint density at radius 1 is 1.24 bits per heavy atom. The van der Waals surface area contributed by atoms with Gasteiger partial charge in [0.05, 0.1) is 10.6 Å². The molecule has 2 rings (SSSR count). The van der Waals surface area contributed by atoms with E-state index in [4.69, 9.17) is 16.3 Å². The Morgan fingerprint density at radius 3 is 2.67 bits per heavy atom. The zero-order valence-corrected chi connectivity index (χ0v) is 13.6. The maximum Gasteiger partial charge on any atom is 0.339 e. The number of hydrogen-bond donors (Lipinski definition) is 1. The third kappa shape index (κ3) is 4.68. The van der Waals surface area contributed by atoms with E-state index in [2.05, 4.69) is 10.3 Å². The van der Waals surface area contributed by atoms with Gasteiger partial charge in [-0.05, 0) is 46.9 Å². The lowest BCUT2D eigenvalue weighted by atomic mass is 10.2. The van der Waals surface area contributed by atoms with Gasteiger partial charge in [0, 0.05) is 9.77 Å². The highest BCUT2D eigenvalue weighted by Crippen LogP contribution is 2.13. The predicted molar refractivity (Wildman–Crippen MR) is 87.3 cm³/mol. The quantitative estimate of drug-likeness (QED) is 0.614. The summed E-state index contributed by atoms with van der Waals surface area (Å²) in [6, 6.07) is 10.1. The van der Waals surface area contributed by atoms with Crippen LogP contribution in [0.4, 0.5) is 5.82 Å². The van der Waals surface area contributed by atoms with E-state index >= 15 is 0 Å². The Balaban J connectivity index is 1.88. The van der Waals surface area contributed by atoms with Gasteiger partial charge in [-0.3, -0.25) is 4.79 Å². The van der Waals surface area contributed by atoms with Crippen LogP contribution >= 0.6 is 34.2 Å². The highest BCUT2D eigenvalue weighted by molar-refractivity contribution is 14.1. The second-order valence-electron chi connectivity index (χ2n) is 3.97. The molecule has 0 aliphatic rings. The molecule has 21 heavy (non-hydrogen) atoms. The number of nitrogens with zero attached hydrogens (tertiary/aromatic N) is 1. The Kier molecular flexibility index (Phi) is 5.51. The molecular formula is C14H10ClIN2O3. The van der Waals surface area contributed by atoms with Crippen molar-refractivity contribution < 1.29 is 14.3 Å². The average Bonchev–Trinajstić information content (AvgIpc) is 2.48. The molecule has 0 saturated heterocycles. The van der Waals surface area contributed by atoms with Crippen LogP contribution < -0.4 is 5.32 Å². The van der Waals surface area contributed by atoms with Crippen molar-refractivity contribution in [1.29, 1.82) is 0 Å². The minimum atomic E-state index is -0.542. The molecule has 1 aromatic heterocycles. The lowest BCUT2D eigenvalue weighted by molar-refractivity contribution is -0.119. The van der Waals surface area contributed by atoms with Crippen LogP contribution in [0.1, 0.15) is 10.4 Å². The number of rotatable bonds is 4. The number of halogens is 2. The molecule has 1 heterocycles. The largest absolute Gasteiger partial charge is 0.452 e. The summed E-state index contributed by atoms with van der Waals surface area (Å²) in [5.74, 6) is -0.668. The highest BCUT2D eigenvalue weighted by atomic mass is 127. The standard InChI is InChI=1S/C14H10ClIN2O3/c15-9-5-6-12(17-7-9)18-13(19)8-21-14(20)10-3-1-2-4-11(10)16/h1-7H,8H2,(H,17,18,19). The van der Waals surface area contributed by atoms with Gasteiger partial charge in [0.1, 0.15) is 5.82 Å². The minimum Gasteiger partial charge on any atom is -0.452 e. The summed E-state index contributed by atoms with van der Waals surface area (Å²) >= 11 is 7.72. The fourth-order valence-corrected chi connectivity index (χ4v) is 2.18. The summed E-state index contributed by atoms with van der Waals surface area (Å²) in [6.45, 7) is -0.381. The topological polar surface area (TPSA) is 68.3 Å². The smallest absolute Gasteiger partial charge is 0.339 e. The van der Waals surface area contributed by atoms with E-state index in [0.717, 1.165) is 3.57 Å². The van der Waals surface area contributed by atoms with E-state index in [1.54, 1.807) is 30.3 Å². The fourth-order valence-electron chi connectivity index (χ4n) is 1.46. The van der Waals surface area contributed by atoms with Crippen molar-refractivity contribution in [2.75, 3.05) is 11.9 Å². The number of nitrogens with one attached hydrogen (secondary N) is 1. The number of esters is 1. The molecule has 108 valence electrons. The molecule has 2 aromatic rings. The number of carbonyl (C=O) groups excluding carboxylic acids is 2. The maximum atomic E-state index is 11.8. The van der Waals surface area contributed by atoms with Crippen LogP contribution in [0, 0.1) is 3.57 Å². The number of anilines is 1. The first-order valence-corrected chi connectivity index (χ1v) is 7.35. The van der Waals surface area contributed by atoms with E-state index in [0.29, 0.717) is 16.4 Å². The summed E-state index contributed by atoms with van der Waals surface area (Å²) in [5.41, 5.74) is 0.426. The van der Waals surface area contributed by atoms with Gasteiger partial charge in [-0.2, -0.15) is 0 Å². The maximum absolute atomic E-state index is 11.8. The van der Waals surface area contributed by atoms with Gasteiger partial charge in [0.2, 0.25) is 0 Å². The molecule has 0 spiro atoms. The number of aromatic nitrogens is 1. The Hall–Kier alpha value is -1.67. The number of amides is 1. The zero-order chi connectivity index (χ0) is 15.2. The lowest BCUT2D eigenvalue weighted by Gasteiger charge is -2.07. The molecule has 0 aliphatic heterocycles. The van der Waals surface area contributed by atoms with E-state index < -0.39 is 11.9 Å². The summed E-state index contributed by atoms with van der Waals surface area (Å²) in [7, 11) is 0. The van der Waals surface area contributed by atoms with Crippen molar-refractivity contribution in [3.63, 3.8) is 0 Å². The van der Waals surface area contributed by atoms with E-state index in [1.165, 1.54) is 6.20 Å². The molecule has 0 fully saturated rings. The summed E-state index contributed by atoms with van der Waals surface area (Å²) in [6.07, 6.45) is 1.41. The number of hydrogen-bond acceptors (Lipinski definition) is 4. The lowest BCUT2D eigenvalue weighted by Crippen LogP contribution is -2.21. The molecule has 0 saturated carbocycles. The van der Waals surface area contributed by atoms with Crippen molar-refractivity contribution in [3.8, 4) is 0 Å². The number of pyridine rings is 1. The van der Waals surface area contributed by atoms with Crippen LogP contribution in [-0.2, 0) is 9.53 Å². The van der Waals surface area contributed by atoms with Gasteiger partial charge in [-0.25, -0.2) is 9.78 Å². The Bertz CT molecular complexity index is 662. The van der Waals surface area contributed by atoms with Crippen molar-refractivity contribution in [1.82, 2.24) is 4.98 Å². The third-order valence-corrected chi connectivity index (χ3v) is 3.59. The van der Waals surface area contributed by atoms with Crippen LogP contribution in [0.3, 0.4) is 0 Å². The van der Waals surface area contributed by atoms with E-state index in [9.17, 15) is 9.59 Å². The molecule has 5 nitrogen and oxygen atoms in total. The van der Waals surface area contributed by atoms with Gasteiger partial charge < -0.3 is 10.1 Å². The van der Waals surface area contributed by atoms with Gasteiger partial charge in [-0.15, -0.1) is 0 Å². The third-order valence-electron chi connectivity index (χ3n) is 2.42. The average molecular weight is 417 g/mol. The normalized spacial score (nSPS) is 10.0. The van der Waals surface area contributed by atoms with Crippen LogP contribution in [-0.4, -0.2) is 23.5 Å². The molecule has 7 heteroatoms. The minimum absolute atomic E-state index is 0.342. The first-order chi connectivity index (χ1) is 10.1. The summed E-state index contributed by atoms with van der Waals surface area (Å²) < 4.78 is 5.72. The van der Waals surface area contributed by atoms with Crippen LogP contribution in [0.5, 0.6) is 0 Å². The molecule has 0 unspecified atom stereocenters. The SMILES string of the molecule is O=C(COC(=O)c1ccccc1I)Nc1ccc(Cl)cn1. The molecule has 0 bridgehead atoms. The van der Waals surface area contributed by atoms with Crippen molar-refractivity contribution in [2.24, 2.45) is 0 Å². The van der Waals surface area contributed by atoms with Crippen LogP contribution in [0.15, 0.2) is 42.6 Å². The predicted octanol–water partition coefficient (Wildman–Crippen LogP) is 3.14. The number of benzene rings is 1. The van der Waals surface area contributed by atoms with Crippen molar-refractivity contribution >= 4 is 51.9 Å². The van der Waals surface area contributed by atoms with Gasteiger partial charge in [-0.1, -0.05) is 23.7 Å². The van der Waals surface area contributed by atoms with Gasteiger partial charge in [0.25, 0.3) is 5.91 Å². The molecule has 1 aromatic carbocycles. The first-order valence-electron chi connectivity index (χ1n) is 5.89. The van der Waals surface area contributed by atoms with E-state index in [1.807, 2.05) is 28.7 Å². The summed E-state index contributed by atoms with van der Waals surface area (Å²) in [4.78, 5) is 27.4. The van der Waals surface area contributed by atoms with E-state index in [-0.39, 0.29) is 6.61 Å². The Labute approximate surface area is 139 Å². The van der Waals surface area contributed by atoms with Crippen LogP contribution in [0.25, 0.3) is 0 Å². The van der Waals surface area contributed by atoms with Crippen molar-refractivity contribution in [3.05, 3.63) is 56.8 Å². The first kappa shape index (κ1) is 15.7. The van der Waals surface area contributed by atoms with Crippen molar-refractivity contribution in [2.45, 2.75) is 0 Å². The number of carbonyl (C=O) groups is 2. The monoisotopic (exact) mass is 416 g/mol. The zero-order valence-electron chi connectivity index (χ0n) is 10.7. The second-order valence-corrected chi connectivity index (χ2v) is 5.56. The van der Waals surface area contributed by atoms with Gasteiger partial charge in [0.15, 0.2) is 6.61 Å². The molecule has 0 radical (unpaired) electrons.